The molecule has 1 aromatic heterocycles. The molecule has 238 valence electrons. The van der Waals surface area contributed by atoms with Gasteiger partial charge in [-0.3, -0.25) is 14.4 Å². The van der Waals surface area contributed by atoms with E-state index < -0.39 is 6.04 Å². The van der Waals surface area contributed by atoms with Crippen LogP contribution in [0.2, 0.25) is 0 Å². The molecular weight excluding hydrogens is 586 g/mol. The van der Waals surface area contributed by atoms with Crippen LogP contribution in [0.5, 0.6) is 17.2 Å². The molecule has 0 spiro atoms. The third-order valence-electron chi connectivity index (χ3n) is 8.16. The fraction of sp³-hybridized carbons (Fsp3) is 0.314. The molecule has 1 saturated heterocycles. The number of piperidine rings is 1. The van der Waals surface area contributed by atoms with Gasteiger partial charge in [-0.15, -0.1) is 0 Å². The maximum atomic E-state index is 13.7. The third-order valence-corrected chi connectivity index (χ3v) is 8.16. The van der Waals surface area contributed by atoms with Crippen LogP contribution in [0.1, 0.15) is 51.4 Å². The van der Waals surface area contributed by atoms with Crippen molar-refractivity contribution in [3.63, 3.8) is 0 Å². The number of methoxy groups -OCH3 is 1. The fourth-order valence-electron chi connectivity index (χ4n) is 5.75. The Labute approximate surface area is 267 Å². The number of aromatic nitrogens is 2. The first kappa shape index (κ1) is 30.8. The van der Waals surface area contributed by atoms with E-state index in [1.807, 2.05) is 61.5 Å². The van der Waals surface area contributed by atoms with Gasteiger partial charge in [0.25, 0.3) is 11.8 Å². The van der Waals surface area contributed by atoms with E-state index in [0.717, 1.165) is 11.1 Å². The maximum absolute atomic E-state index is 13.7. The summed E-state index contributed by atoms with van der Waals surface area (Å²) in [6, 6.07) is 21.7. The Morgan fingerprint density at radius 1 is 1.00 bits per heavy atom. The van der Waals surface area contributed by atoms with Crippen molar-refractivity contribution in [3.8, 4) is 28.6 Å². The SMILES string of the molecule is COc1cc2cc(c1)C(=O)NCCCC(=O)N[C@H]1CN(C(=O)c3nc(-c4ccccc4)[nH]c3C)CC[C@@H]1OCc1cccc(c1)O2. The molecule has 1 fully saturated rings. The summed E-state index contributed by atoms with van der Waals surface area (Å²) in [5.74, 6) is 1.50. The summed E-state index contributed by atoms with van der Waals surface area (Å²) >= 11 is 0. The van der Waals surface area contributed by atoms with Gasteiger partial charge < -0.3 is 34.7 Å². The number of ether oxygens (including phenoxy) is 3. The number of carbonyl (C=O) groups is 3. The van der Waals surface area contributed by atoms with Crippen molar-refractivity contribution >= 4 is 17.7 Å². The lowest BCUT2D eigenvalue weighted by atomic mass is 10.0. The average molecular weight is 624 g/mol. The molecule has 2 aliphatic rings. The van der Waals surface area contributed by atoms with Crippen LogP contribution in [-0.4, -0.2) is 71.5 Å². The Balaban J connectivity index is 1.21. The number of carbonyl (C=O) groups excluding carboxylic acids is 3. The van der Waals surface area contributed by atoms with Crippen LogP contribution in [0.25, 0.3) is 11.4 Å². The number of aryl methyl sites for hydroxylation is 1. The van der Waals surface area contributed by atoms with E-state index in [0.29, 0.717) is 66.0 Å². The molecular formula is C35H37N5O6. The van der Waals surface area contributed by atoms with Gasteiger partial charge in [-0.1, -0.05) is 42.5 Å². The van der Waals surface area contributed by atoms with Crippen molar-refractivity contribution in [2.75, 3.05) is 26.7 Å². The van der Waals surface area contributed by atoms with Gasteiger partial charge in [0.1, 0.15) is 28.8 Å². The summed E-state index contributed by atoms with van der Waals surface area (Å²) in [5.41, 5.74) is 3.21. The van der Waals surface area contributed by atoms with Crippen molar-refractivity contribution < 1.29 is 28.6 Å². The summed E-state index contributed by atoms with van der Waals surface area (Å²) in [6.07, 6.45) is 0.845. The second kappa shape index (κ2) is 13.9. The lowest BCUT2D eigenvalue weighted by Crippen LogP contribution is -2.57. The zero-order valence-corrected chi connectivity index (χ0v) is 25.9. The molecule has 3 aromatic carbocycles. The first-order valence-corrected chi connectivity index (χ1v) is 15.4. The van der Waals surface area contributed by atoms with Crippen LogP contribution in [0.3, 0.4) is 0 Å². The number of imidazole rings is 1. The van der Waals surface area contributed by atoms with Gasteiger partial charge in [0.15, 0.2) is 0 Å². The summed E-state index contributed by atoms with van der Waals surface area (Å²) in [6.45, 7) is 3.16. The molecule has 0 saturated carbocycles. The fourth-order valence-corrected chi connectivity index (χ4v) is 5.75. The number of fused-ring (bicyclic) bond motifs is 5. The Bertz CT molecular complexity index is 1720. The standard InChI is InChI=1S/C35H37N5O6/c1-22-32(39-33(37-22)24-9-4-3-5-10-24)35(43)40-15-13-30-29(20-40)38-31(41)12-7-14-36-34(42)25-17-27(44-2)19-28(18-25)46-26-11-6-8-23(16-26)21-45-30/h3-6,8-11,16-19,29-30H,7,12-15,20-21H2,1-2H3,(H,36,42)(H,37,39)(H,38,41)/t29-,30-/m0/s1. The van der Waals surface area contributed by atoms with Crippen LogP contribution >= 0.6 is 0 Å². The third kappa shape index (κ3) is 7.21. The second-order valence-corrected chi connectivity index (χ2v) is 11.5. The summed E-state index contributed by atoms with van der Waals surface area (Å²) < 4.78 is 17.9. The largest absolute Gasteiger partial charge is 0.497 e. The van der Waals surface area contributed by atoms with Gasteiger partial charge in [0.05, 0.1) is 25.9 Å². The number of nitrogens with zero attached hydrogens (tertiary/aromatic N) is 2. The topological polar surface area (TPSA) is 135 Å². The summed E-state index contributed by atoms with van der Waals surface area (Å²) in [5, 5.41) is 5.97. The van der Waals surface area contributed by atoms with E-state index in [1.165, 1.54) is 7.11 Å². The highest BCUT2D eigenvalue weighted by atomic mass is 16.5. The smallest absolute Gasteiger partial charge is 0.274 e. The highest BCUT2D eigenvalue weighted by Gasteiger charge is 2.35. The van der Waals surface area contributed by atoms with E-state index in [9.17, 15) is 14.4 Å². The zero-order chi connectivity index (χ0) is 32.0. The molecule has 11 nitrogen and oxygen atoms in total. The van der Waals surface area contributed by atoms with Gasteiger partial charge >= 0.3 is 0 Å². The number of hydrogen-bond acceptors (Lipinski definition) is 7. The summed E-state index contributed by atoms with van der Waals surface area (Å²) in [4.78, 5) is 49.3. The Morgan fingerprint density at radius 2 is 1.85 bits per heavy atom. The van der Waals surface area contributed by atoms with Crippen LogP contribution in [0, 0.1) is 6.92 Å². The number of rotatable bonds is 3. The molecule has 2 atom stereocenters. The molecule has 4 aromatic rings. The minimum absolute atomic E-state index is 0.176. The molecule has 0 unspecified atom stereocenters. The van der Waals surface area contributed by atoms with Crippen molar-refractivity contribution in [2.45, 2.75) is 44.9 Å². The first-order valence-electron chi connectivity index (χ1n) is 15.4. The second-order valence-electron chi connectivity index (χ2n) is 11.5. The minimum Gasteiger partial charge on any atom is -0.497 e. The van der Waals surface area contributed by atoms with Gasteiger partial charge in [0, 0.05) is 48.9 Å². The van der Waals surface area contributed by atoms with Crippen molar-refractivity contribution in [1.29, 1.82) is 0 Å². The molecule has 3 amide bonds. The van der Waals surface area contributed by atoms with Crippen molar-refractivity contribution in [1.82, 2.24) is 25.5 Å². The normalized spacial score (nSPS) is 19.0. The van der Waals surface area contributed by atoms with E-state index in [4.69, 9.17) is 14.2 Å². The maximum Gasteiger partial charge on any atom is 0.274 e. The first-order chi connectivity index (χ1) is 22.4. The molecule has 46 heavy (non-hydrogen) atoms. The van der Waals surface area contributed by atoms with E-state index in [2.05, 4.69) is 20.6 Å². The van der Waals surface area contributed by atoms with Crippen LogP contribution in [0.15, 0.2) is 72.8 Å². The highest BCUT2D eigenvalue weighted by Crippen LogP contribution is 2.29. The number of likely N-dealkylation sites (tertiary alicyclic amines) is 1. The number of aromatic amines is 1. The average Bonchev–Trinajstić information content (AvgIpc) is 3.47. The molecule has 3 N–H and O–H groups in total. The van der Waals surface area contributed by atoms with E-state index >= 15 is 0 Å². The lowest BCUT2D eigenvalue weighted by Gasteiger charge is -2.38. The predicted molar refractivity (Wildman–Crippen MR) is 171 cm³/mol. The van der Waals surface area contributed by atoms with Gasteiger partial charge in [0.2, 0.25) is 5.91 Å². The molecule has 11 heteroatoms. The molecule has 2 aliphatic heterocycles. The van der Waals surface area contributed by atoms with Crippen molar-refractivity contribution in [2.24, 2.45) is 0 Å². The molecule has 6 rings (SSSR count). The number of hydrogen-bond donors (Lipinski definition) is 3. The molecule has 3 heterocycles. The Kier molecular flexibility index (Phi) is 9.30. The Hall–Kier alpha value is -5.16. The van der Waals surface area contributed by atoms with Crippen LogP contribution in [-0.2, 0) is 16.1 Å². The van der Waals surface area contributed by atoms with E-state index in [1.54, 1.807) is 23.1 Å². The van der Waals surface area contributed by atoms with Crippen LogP contribution in [0.4, 0.5) is 0 Å². The van der Waals surface area contributed by atoms with Crippen molar-refractivity contribution in [3.05, 3.63) is 95.3 Å². The van der Waals surface area contributed by atoms with Gasteiger partial charge in [-0.05, 0) is 49.6 Å². The predicted octanol–water partition coefficient (Wildman–Crippen LogP) is 4.63. The quantitative estimate of drug-likeness (QED) is 0.303. The highest BCUT2D eigenvalue weighted by molar-refractivity contribution is 5.95. The summed E-state index contributed by atoms with van der Waals surface area (Å²) in [7, 11) is 1.53. The van der Waals surface area contributed by atoms with E-state index in [-0.39, 0.29) is 43.4 Å². The molecule has 0 aliphatic carbocycles. The number of amides is 3. The minimum atomic E-state index is -0.432. The zero-order valence-electron chi connectivity index (χ0n) is 25.9. The number of H-pyrrole nitrogens is 1. The molecule has 0 radical (unpaired) electrons. The number of nitrogens with one attached hydrogen (secondary N) is 3. The Morgan fingerprint density at radius 3 is 2.67 bits per heavy atom. The monoisotopic (exact) mass is 623 g/mol. The van der Waals surface area contributed by atoms with Crippen LogP contribution < -0.4 is 20.1 Å². The number of benzene rings is 3. The van der Waals surface area contributed by atoms with Gasteiger partial charge in [-0.25, -0.2) is 4.98 Å². The van der Waals surface area contributed by atoms with Gasteiger partial charge in [-0.2, -0.15) is 0 Å². The molecule has 4 bridgehead atoms. The lowest BCUT2D eigenvalue weighted by molar-refractivity contribution is -0.124.